The van der Waals surface area contributed by atoms with E-state index in [0.717, 1.165) is 12.1 Å². The second kappa shape index (κ2) is 6.06. The van der Waals surface area contributed by atoms with Crippen LogP contribution in [0, 0.1) is 0 Å². The molecule has 0 saturated heterocycles. The Bertz CT molecular complexity index is 445. The normalized spacial score (nSPS) is 12.7. The fourth-order valence-electron chi connectivity index (χ4n) is 1.33. The molecule has 2 nitrogen and oxygen atoms in total. The van der Waals surface area contributed by atoms with Crippen molar-refractivity contribution in [2.75, 3.05) is 6.54 Å². The molecular formula is C11H10ClF4NO. The molecule has 1 aromatic rings. The Morgan fingerprint density at radius 2 is 2.00 bits per heavy atom. The Labute approximate surface area is 106 Å². The van der Waals surface area contributed by atoms with Gasteiger partial charge in [-0.15, -0.1) is 13.2 Å². The summed E-state index contributed by atoms with van der Waals surface area (Å²) < 4.78 is 52.2. The van der Waals surface area contributed by atoms with Crippen LogP contribution in [0.5, 0.6) is 5.75 Å². The number of ether oxygens (including phenoxy) is 1. The molecule has 0 heterocycles. The SMILES string of the molecule is NC/C(=C/F)Cc1cc(Cl)cc(OC(F)(F)F)c1. The lowest BCUT2D eigenvalue weighted by molar-refractivity contribution is -0.274. The van der Waals surface area contributed by atoms with Crippen LogP contribution in [0.3, 0.4) is 0 Å². The Kier molecular flexibility index (Phi) is 4.98. The molecule has 0 saturated carbocycles. The van der Waals surface area contributed by atoms with E-state index < -0.39 is 12.1 Å². The zero-order chi connectivity index (χ0) is 13.8. The minimum Gasteiger partial charge on any atom is -0.406 e. The quantitative estimate of drug-likeness (QED) is 0.857. The molecule has 0 amide bonds. The van der Waals surface area contributed by atoms with Gasteiger partial charge >= 0.3 is 6.36 Å². The van der Waals surface area contributed by atoms with E-state index in [0.29, 0.717) is 11.9 Å². The van der Waals surface area contributed by atoms with Crippen LogP contribution in [-0.4, -0.2) is 12.9 Å². The second-order valence-electron chi connectivity index (χ2n) is 3.49. The van der Waals surface area contributed by atoms with E-state index in [9.17, 15) is 17.6 Å². The van der Waals surface area contributed by atoms with Crippen molar-refractivity contribution < 1.29 is 22.3 Å². The second-order valence-corrected chi connectivity index (χ2v) is 3.93. The first-order valence-electron chi connectivity index (χ1n) is 4.87. The van der Waals surface area contributed by atoms with E-state index in [4.69, 9.17) is 17.3 Å². The van der Waals surface area contributed by atoms with Crippen molar-refractivity contribution in [3.05, 3.63) is 40.7 Å². The maximum atomic E-state index is 12.3. The van der Waals surface area contributed by atoms with Gasteiger partial charge in [-0.25, -0.2) is 4.39 Å². The predicted octanol–water partition coefficient (Wildman–Crippen LogP) is 3.59. The molecule has 0 bridgehead atoms. The topological polar surface area (TPSA) is 35.2 Å². The van der Waals surface area contributed by atoms with Gasteiger partial charge in [0.2, 0.25) is 0 Å². The summed E-state index contributed by atoms with van der Waals surface area (Å²) in [5.74, 6) is -0.444. The summed E-state index contributed by atoms with van der Waals surface area (Å²) >= 11 is 5.66. The molecule has 18 heavy (non-hydrogen) atoms. The maximum absolute atomic E-state index is 12.3. The predicted molar refractivity (Wildman–Crippen MR) is 60.1 cm³/mol. The smallest absolute Gasteiger partial charge is 0.406 e. The fourth-order valence-corrected chi connectivity index (χ4v) is 1.58. The zero-order valence-corrected chi connectivity index (χ0v) is 9.85. The zero-order valence-electron chi connectivity index (χ0n) is 9.10. The number of halogens is 5. The first kappa shape index (κ1) is 14.8. The molecule has 0 atom stereocenters. The van der Waals surface area contributed by atoms with Crippen LogP contribution in [0.15, 0.2) is 30.1 Å². The molecule has 0 aliphatic heterocycles. The molecule has 100 valence electrons. The highest BCUT2D eigenvalue weighted by Gasteiger charge is 2.31. The highest BCUT2D eigenvalue weighted by Crippen LogP contribution is 2.27. The summed E-state index contributed by atoms with van der Waals surface area (Å²) in [7, 11) is 0. The number of alkyl halides is 3. The first-order chi connectivity index (χ1) is 8.34. The Balaban J connectivity index is 2.94. The standard InChI is InChI=1S/C11H10ClF4NO/c12-9-2-7(1-8(5-13)6-17)3-10(4-9)18-11(14,15)16/h2-5H,1,6,17H2/b8-5+. The van der Waals surface area contributed by atoms with E-state index >= 15 is 0 Å². The van der Waals surface area contributed by atoms with E-state index in [2.05, 4.69) is 4.74 Å². The van der Waals surface area contributed by atoms with Crippen molar-refractivity contribution in [3.8, 4) is 5.75 Å². The molecule has 0 unspecified atom stereocenters. The molecule has 1 aromatic carbocycles. The highest BCUT2D eigenvalue weighted by atomic mass is 35.5. The Morgan fingerprint density at radius 3 is 2.50 bits per heavy atom. The third kappa shape index (κ3) is 4.93. The number of rotatable bonds is 4. The number of nitrogens with two attached hydrogens (primary N) is 1. The van der Waals surface area contributed by atoms with Crippen molar-refractivity contribution in [2.24, 2.45) is 5.73 Å². The monoisotopic (exact) mass is 283 g/mol. The average Bonchev–Trinajstić information content (AvgIpc) is 2.22. The number of hydrogen-bond donors (Lipinski definition) is 1. The lowest BCUT2D eigenvalue weighted by Crippen LogP contribution is -2.17. The molecule has 0 aliphatic carbocycles. The van der Waals surface area contributed by atoms with Gasteiger partial charge < -0.3 is 10.5 Å². The fraction of sp³-hybridized carbons (Fsp3) is 0.273. The van der Waals surface area contributed by atoms with Crippen molar-refractivity contribution in [1.82, 2.24) is 0 Å². The summed E-state index contributed by atoms with van der Waals surface area (Å²) in [4.78, 5) is 0. The van der Waals surface area contributed by atoms with Crippen molar-refractivity contribution in [2.45, 2.75) is 12.8 Å². The van der Waals surface area contributed by atoms with Gasteiger partial charge in [0.25, 0.3) is 0 Å². The number of hydrogen-bond acceptors (Lipinski definition) is 2. The van der Waals surface area contributed by atoms with Crippen LogP contribution < -0.4 is 10.5 Å². The number of benzene rings is 1. The Morgan fingerprint density at radius 1 is 1.33 bits per heavy atom. The van der Waals surface area contributed by atoms with Crippen LogP contribution in [0.2, 0.25) is 5.02 Å². The highest BCUT2D eigenvalue weighted by molar-refractivity contribution is 6.30. The largest absolute Gasteiger partial charge is 0.573 e. The third-order valence-corrected chi connectivity index (χ3v) is 2.23. The third-order valence-electron chi connectivity index (χ3n) is 2.01. The van der Waals surface area contributed by atoms with Gasteiger partial charge in [0.1, 0.15) is 5.75 Å². The maximum Gasteiger partial charge on any atom is 0.573 e. The molecule has 0 radical (unpaired) electrons. The molecule has 0 aliphatic rings. The average molecular weight is 284 g/mol. The molecule has 2 N–H and O–H groups in total. The van der Waals surface area contributed by atoms with E-state index in [1.54, 1.807) is 0 Å². The summed E-state index contributed by atoms with van der Waals surface area (Å²) in [5.41, 5.74) is 5.89. The molecule has 0 fully saturated rings. The molecule has 0 aromatic heterocycles. The molecule has 0 spiro atoms. The summed E-state index contributed by atoms with van der Waals surface area (Å²) in [6.07, 6.45) is -4.40. The first-order valence-corrected chi connectivity index (χ1v) is 5.25. The lowest BCUT2D eigenvalue weighted by atomic mass is 10.1. The van der Waals surface area contributed by atoms with Gasteiger partial charge in [-0.3, -0.25) is 0 Å². The van der Waals surface area contributed by atoms with E-state index in [1.807, 2.05) is 0 Å². The van der Waals surface area contributed by atoms with Gasteiger partial charge in [-0.2, -0.15) is 0 Å². The van der Waals surface area contributed by atoms with E-state index in [-0.39, 0.29) is 23.6 Å². The van der Waals surface area contributed by atoms with Gasteiger partial charge in [-0.05, 0) is 35.8 Å². The molecule has 7 heteroatoms. The van der Waals surface area contributed by atoms with Crippen molar-refractivity contribution in [1.29, 1.82) is 0 Å². The van der Waals surface area contributed by atoms with Crippen LogP contribution in [0.1, 0.15) is 5.56 Å². The van der Waals surface area contributed by atoms with Gasteiger partial charge in [0.05, 0.1) is 6.33 Å². The van der Waals surface area contributed by atoms with Gasteiger partial charge in [0, 0.05) is 11.6 Å². The van der Waals surface area contributed by atoms with Crippen LogP contribution in [0.4, 0.5) is 17.6 Å². The minimum absolute atomic E-state index is 0.0293. The molecule has 1 rings (SSSR count). The van der Waals surface area contributed by atoms with Gasteiger partial charge in [0.15, 0.2) is 0 Å². The van der Waals surface area contributed by atoms with Crippen LogP contribution in [0.25, 0.3) is 0 Å². The summed E-state index contributed by atoms with van der Waals surface area (Å²) in [6, 6.07) is 3.59. The van der Waals surface area contributed by atoms with Crippen molar-refractivity contribution in [3.63, 3.8) is 0 Å². The summed E-state index contributed by atoms with van der Waals surface area (Å²) in [5, 5.41) is 0.0713. The lowest BCUT2D eigenvalue weighted by Gasteiger charge is -2.11. The van der Waals surface area contributed by atoms with Crippen LogP contribution in [-0.2, 0) is 6.42 Å². The minimum atomic E-state index is -4.80. The van der Waals surface area contributed by atoms with Crippen molar-refractivity contribution >= 4 is 11.6 Å². The summed E-state index contributed by atoms with van der Waals surface area (Å²) in [6.45, 7) is -0.0293. The van der Waals surface area contributed by atoms with Gasteiger partial charge in [-0.1, -0.05) is 11.6 Å². The molecular weight excluding hydrogens is 274 g/mol. The Hall–Kier alpha value is -1.27. The van der Waals surface area contributed by atoms with E-state index in [1.165, 1.54) is 6.07 Å². The van der Waals surface area contributed by atoms with Crippen LogP contribution >= 0.6 is 11.6 Å².